The molecule has 2 aromatic carbocycles. The molecule has 0 saturated carbocycles. The van der Waals surface area contributed by atoms with Crippen LogP contribution in [0.1, 0.15) is 35.7 Å². The number of carbonyl (C=O) groups is 2. The molecule has 2 aromatic rings. The van der Waals surface area contributed by atoms with Crippen LogP contribution in [-0.4, -0.2) is 32.5 Å². The number of aryl methyl sites for hydroxylation is 1. The van der Waals surface area contributed by atoms with E-state index in [0.717, 1.165) is 12.0 Å². The SMILES string of the molecule is CCCNC(=O)c1ccc(NC(=O)CCS(=O)(=O)c2ccc(C)cc2)cc1Cl. The van der Waals surface area contributed by atoms with Crippen molar-refractivity contribution >= 4 is 38.9 Å². The number of amides is 2. The lowest BCUT2D eigenvalue weighted by atomic mass is 10.2. The number of halogens is 1. The van der Waals surface area contributed by atoms with Crippen LogP contribution in [0.2, 0.25) is 5.02 Å². The fourth-order valence-electron chi connectivity index (χ4n) is 2.42. The summed E-state index contributed by atoms with van der Waals surface area (Å²) in [6, 6.07) is 11.0. The third kappa shape index (κ3) is 6.07. The highest BCUT2D eigenvalue weighted by molar-refractivity contribution is 7.91. The molecular weight excluding hydrogens is 400 g/mol. The summed E-state index contributed by atoms with van der Waals surface area (Å²) in [4.78, 5) is 24.3. The molecule has 0 atom stereocenters. The number of rotatable bonds is 8. The van der Waals surface area contributed by atoms with Crippen molar-refractivity contribution in [3.63, 3.8) is 0 Å². The van der Waals surface area contributed by atoms with E-state index >= 15 is 0 Å². The quantitative estimate of drug-likeness (QED) is 0.679. The Morgan fingerprint density at radius 2 is 1.75 bits per heavy atom. The second kappa shape index (κ2) is 9.71. The number of benzene rings is 2. The van der Waals surface area contributed by atoms with Gasteiger partial charge < -0.3 is 10.6 Å². The molecule has 0 radical (unpaired) electrons. The second-order valence-corrected chi connectivity index (χ2v) is 8.90. The Morgan fingerprint density at radius 3 is 2.36 bits per heavy atom. The first-order chi connectivity index (χ1) is 13.2. The van der Waals surface area contributed by atoms with Crippen LogP contribution in [0.3, 0.4) is 0 Å². The highest BCUT2D eigenvalue weighted by Crippen LogP contribution is 2.21. The van der Waals surface area contributed by atoms with Crippen LogP contribution in [0, 0.1) is 6.92 Å². The van der Waals surface area contributed by atoms with E-state index in [1.54, 1.807) is 18.2 Å². The molecule has 0 bridgehead atoms. The van der Waals surface area contributed by atoms with E-state index in [0.29, 0.717) is 17.8 Å². The molecule has 0 saturated heterocycles. The number of hydrogen-bond acceptors (Lipinski definition) is 4. The van der Waals surface area contributed by atoms with Crippen molar-refractivity contribution in [1.29, 1.82) is 0 Å². The topological polar surface area (TPSA) is 92.3 Å². The number of sulfone groups is 1. The highest BCUT2D eigenvalue weighted by Gasteiger charge is 2.17. The molecule has 28 heavy (non-hydrogen) atoms. The van der Waals surface area contributed by atoms with Gasteiger partial charge in [0.05, 0.1) is 21.2 Å². The predicted molar refractivity (Wildman–Crippen MR) is 111 cm³/mol. The van der Waals surface area contributed by atoms with Crippen molar-refractivity contribution in [2.75, 3.05) is 17.6 Å². The van der Waals surface area contributed by atoms with Gasteiger partial charge in [-0.05, 0) is 43.7 Å². The summed E-state index contributed by atoms with van der Waals surface area (Å²) in [6.07, 6.45) is 0.621. The van der Waals surface area contributed by atoms with Gasteiger partial charge in [-0.15, -0.1) is 0 Å². The molecule has 0 aliphatic heterocycles. The largest absolute Gasteiger partial charge is 0.352 e. The van der Waals surface area contributed by atoms with Gasteiger partial charge in [0.2, 0.25) is 5.91 Å². The zero-order valence-electron chi connectivity index (χ0n) is 15.8. The van der Waals surface area contributed by atoms with Crippen LogP contribution in [0.5, 0.6) is 0 Å². The van der Waals surface area contributed by atoms with Gasteiger partial charge in [-0.2, -0.15) is 0 Å². The van der Waals surface area contributed by atoms with Crippen molar-refractivity contribution in [3.8, 4) is 0 Å². The summed E-state index contributed by atoms with van der Waals surface area (Å²) < 4.78 is 24.6. The van der Waals surface area contributed by atoms with E-state index in [2.05, 4.69) is 10.6 Å². The third-order valence-corrected chi connectivity index (χ3v) is 6.06. The van der Waals surface area contributed by atoms with Crippen LogP contribution in [-0.2, 0) is 14.6 Å². The van der Waals surface area contributed by atoms with Crippen molar-refractivity contribution in [1.82, 2.24) is 5.32 Å². The Bertz CT molecular complexity index is 957. The molecule has 8 heteroatoms. The summed E-state index contributed by atoms with van der Waals surface area (Å²) in [6.45, 7) is 4.36. The maximum atomic E-state index is 12.3. The lowest BCUT2D eigenvalue weighted by Crippen LogP contribution is -2.24. The zero-order chi connectivity index (χ0) is 20.7. The fourth-order valence-corrected chi connectivity index (χ4v) is 3.93. The molecule has 6 nitrogen and oxygen atoms in total. The molecule has 2 amide bonds. The van der Waals surface area contributed by atoms with Crippen LogP contribution in [0.4, 0.5) is 5.69 Å². The Morgan fingerprint density at radius 1 is 1.07 bits per heavy atom. The lowest BCUT2D eigenvalue weighted by molar-refractivity contribution is -0.115. The second-order valence-electron chi connectivity index (χ2n) is 6.38. The van der Waals surface area contributed by atoms with Gasteiger partial charge >= 0.3 is 0 Å². The minimum Gasteiger partial charge on any atom is -0.352 e. The van der Waals surface area contributed by atoms with Gasteiger partial charge in [0.15, 0.2) is 9.84 Å². The van der Waals surface area contributed by atoms with Gasteiger partial charge in [0.25, 0.3) is 5.91 Å². The van der Waals surface area contributed by atoms with Gasteiger partial charge in [0.1, 0.15) is 0 Å². The van der Waals surface area contributed by atoms with E-state index < -0.39 is 15.7 Å². The zero-order valence-corrected chi connectivity index (χ0v) is 17.4. The van der Waals surface area contributed by atoms with Gasteiger partial charge in [-0.3, -0.25) is 9.59 Å². The van der Waals surface area contributed by atoms with Crippen LogP contribution in [0.15, 0.2) is 47.4 Å². The molecule has 0 unspecified atom stereocenters. The molecule has 0 spiro atoms. The van der Waals surface area contributed by atoms with Crippen LogP contribution < -0.4 is 10.6 Å². The molecule has 0 heterocycles. The highest BCUT2D eigenvalue weighted by atomic mass is 35.5. The lowest BCUT2D eigenvalue weighted by Gasteiger charge is -2.09. The monoisotopic (exact) mass is 422 g/mol. The van der Waals surface area contributed by atoms with Crippen molar-refractivity contribution in [2.45, 2.75) is 31.6 Å². The van der Waals surface area contributed by atoms with E-state index in [9.17, 15) is 18.0 Å². The minimum atomic E-state index is -3.54. The van der Waals surface area contributed by atoms with Crippen LogP contribution in [0.25, 0.3) is 0 Å². The molecule has 0 fully saturated rings. The van der Waals surface area contributed by atoms with Gasteiger partial charge in [-0.25, -0.2) is 8.42 Å². The summed E-state index contributed by atoms with van der Waals surface area (Å²) in [5.74, 6) is -1.03. The summed E-state index contributed by atoms with van der Waals surface area (Å²) in [7, 11) is -3.54. The third-order valence-electron chi connectivity index (χ3n) is 4.01. The summed E-state index contributed by atoms with van der Waals surface area (Å²) in [5, 5.41) is 5.54. The summed E-state index contributed by atoms with van der Waals surface area (Å²) in [5.41, 5.74) is 1.67. The van der Waals surface area contributed by atoms with Gasteiger partial charge in [0, 0.05) is 18.7 Å². The molecule has 0 aromatic heterocycles. The Labute approximate surface area is 170 Å². The Balaban J connectivity index is 1.96. The number of anilines is 1. The minimum absolute atomic E-state index is 0.188. The van der Waals surface area contributed by atoms with E-state index in [1.165, 1.54) is 24.3 Å². The van der Waals surface area contributed by atoms with Crippen molar-refractivity contribution in [2.24, 2.45) is 0 Å². The Hall–Kier alpha value is -2.38. The van der Waals surface area contributed by atoms with Crippen molar-refractivity contribution < 1.29 is 18.0 Å². The van der Waals surface area contributed by atoms with E-state index in [-0.39, 0.29) is 28.0 Å². The number of hydrogen-bond donors (Lipinski definition) is 2. The average Bonchev–Trinajstić information content (AvgIpc) is 2.65. The van der Waals surface area contributed by atoms with Crippen LogP contribution >= 0.6 is 11.6 Å². The maximum Gasteiger partial charge on any atom is 0.252 e. The molecule has 0 aliphatic rings. The number of nitrogens with one attached hydrogen (secondary N) is 2. The first-order valence-corrected chi connectivity index (χ1v) is 10.9. The Kier molecular flexibility index (Phi) is 7.60. The molecule has 150 valence electrons. The maximum absolute atomic E-state index is 12.3. The molecule has 2 rings (SSSR count). The normalized spacial score (nSPS) is 11.1. The molecule has 2 N–H and O–H groups in total. The molecule has 0 aliphatic carbocycles. The standard InChI is InChI=1S/C20H23ClN2O4S/c1-3-11-22-20(25)17-9-6-15(13-18(17)21)23-19(24)10-12-28(26,27)16-7-4-14(2)5-8-16/h4-9,13H,3,10-12H2,1-2H3,(H,22,25)(H,23,24). The number of carbonyl (C=O) groups excluding carboxylic acids is 2. The summed E-state index contributed by atoms with van der Waals surface area (Å²) >= 11 is 6.12. The molecular formula is C20H23ClN2O4S. The predicted octanol–water partition coefficient (Wildman–Crippen LogP) is 3.59. The first-order valence-electron chi connectivity index (χ1n) is 8.90. The van der Waals surface area contributed by atoms with E-state index in [1.807, 2.05) is 13.8 Å². The fraction of sp³-hybridized carbons (Fsp3) is 0.300. The van der Waals surface area contributed by atoms with Gasteiger partial charge in [-0.1, -0.05) is 36.2 Å². The van der Waals surface area contributed by atoms with E-state index in [4.69, 9.17) is 11.6 Å². The van der Waals surface area contributed by atoms with Crippen molar-refractivity contribution in [3.05, 3.63) is 58.6 Å². The average molecular weight is 423 g/mol. The first kappa shape index (κ1) is 21.9. The smallest absolute Gasteiger partial charge is 0.252 e.